The Balaban J connectivity index is 2.85. The monoisotopic (exact) mass is 210 g/mol. The Kier molecular flexibility index (Phi) is 2.70. The number of rotatable bonds is 2. The predicted molar refractivity (Wildman–Crippen MR) is 45.0 cm³/mol. The summed E-state index contributed by atoms with van der Waals surface area (Å²) in [5.74, 6) is -0.464. The van der Waals surface area contributed by atoms with Gasteiger partial charge in [0.2, 0.25) is 5.91 Å². The van der Waals surface area contributed by atoms with E-state index in [0.29, 0.717) is 14.5 Å². The highest BCUT2D eigenvalue weighted by molar-refractivity contribution is 7.19. The number of thiazole rings is 1. The van der Waals surface area contributed by atoms with Gasteiger partial charge in [0.25, 0.3) is 0 Å². The molecule has 0 aliphatic heterocycles. The van der Waals surface area contributed by atoms with Gasteiger partial charge in [0.05, 0.1) is 12.1 Å². The van der Waals surface area contributed by atoms with Gasteiger partial charge in [-0.3, -0.25) is 4.79 Å². The summed E-state index contributed by atoms with van der Waals surface area (Å²) in [7, 11) is 0. The van der Waals surface area contributed by atoms with Crippen LogP contribution in [0.3, 0.4) is 0 Å². The standard InChI is InChI=1S/C5H4Cl2N2OS/c6-4-2(1-3(8)10)9-5(7)11-4/h1H2,(H2,8,10). The number of hydrogen-bond donors (Lipinski definition) is 1. The van der Waals surface area contributed by atoms with Crippen LogP contribution in [0, 0.1) is 0 Å². The fraction of sp³-hybridized carbons (Fsp3) is 0.200. The fourth-order valence-electron chi connectivity index (χ4n) is 0.580. The van der Waals surface area contributed by atoms with Crippen LogP contribution < -0.4 is 5.73 Å². The number of carbonyl (C=O) groups excluding carboxylic acids is 1. The zero-order valence-electron chi connectivity index (χ0n) is 5.30. The lowest BCUT2D eigenvalue weighted by Gasteiger charge is -1.89. The Morgan fingerprint density at radius 2 is 2.27 bits per heavy atom. The highest BCUT2D eigenvalue weighted by Gasteiger charge is 2.09. The topological polar surface area (TPSA) is 56.0 Å². The second-order valence-corrected chi connectivity index (χ2v) is 4.01. The zero-order valence-corrected chi connectivity index (χ0v) is 7.63. The molecular weight excluding hydrogens is 207 g/mol. The molecule has 1 amide bonds. The van der Waals surface area contributed by atoms with Gasteiger partial charge in [-0.25, -0.2) is 4.98 Å². The molecule has 60 valence electrons. The molecule has 0 saturated carbocycles. The van der Waals surface area contributed by atoms with Crippen molar-refractivity contribution in [3.63, 3.8) is 0 Å². The first-order valence-electron chi connectivity index (χ1n) is 2.68. The Hall–Kier alpha value is -0.320. The summed E-state index contributed by atoms with van der Waals surface area (Å²) in [5.41, 5.74) is 5.38. The summed E-state index contributed by atoms with van der Waals surface area (Å²) >= 11 is 12.3. The Labute approximate surface area is 77.1 Å². The van der Waals surface area contributed by atoms with E-state index < -0.39 is 5.91 Å². The molecular formula is C5H4Cl2N2OS. The van der Waals surface area contributed by atoms with Crippen molar-refractivity contribution >= 4 is 40.4 Å². The van der Waals surface area contributed by atoms with Gasteiger partial charge in [0, 0.05) is 0 Å². The molecule has 0 fully saturated rings. The molecule has 0 aliphatic carbocycles. The van der Waals surface area contributed by atoms with Crippen molar-refractivity contribution in [2.45, 2.75) is 6.42 Å². The maximum atomic E-state index is 10.4. The number of amides is 1. The highest BCUT2D eigenvalue weighted by Crippen LogP contribution is 2.27. The predicted octanol–water partition coefficient (Wildman–Crippen LogP) is 1.48. The van der Waals surface area contributed by atoms with Gasteiger partial charge in [0.1, 0.15) is 4.34 Å². The van der Waals surface area contributed by atoms with Crippen molar-refractivity contribution in [2.24, 2.45) is 5.73 Å². The van der Waals surface area contributed by atoms with Crippen LogP contribution in [0.2, 0.25) is 8.80 Å². The van der Waals surface area contributed by atoms with Crippen molar-refractivity contribution in [2.75, 3.05) is 0 Å². The van der Waals surface area contributed by atoms with Crippen LogP contribution in [0.25, 0.3) is 0 Å². The van der Waals surface area contributed by atoms with Crippen LogP contribution in [0.5, 0.6) is 0 Å². The van der Waals surface area contributed by atoms with E-state index in [4.69, 9.17) is 28.9 Å². The molecule has 0 saturated heterocycles. The summed E-state index contributed by atoms with van der Waals surface area (Å²) in [6, 6.07) is 0. The lowest BCUT2D eigenvalue weighted by atomic mass is 10.3. The molecule has 0 spiro atoms. The first-order chi connectivity index (χ1) is 5.09. The van der Waals surface area contributed by atoms with Crippen LogP contribution in [0.4, 0.5) is 0 Å². The molecule has 0 bridgehead atoms. The number of primary amides is 1. The summed E-state index contributed by atoms with van der Waals surface area (Å²) in [6.07, 6.45) is 0.0437. The van der Waals surface area contributed by atoms with Gasteiger partial charge < -0.3 is 5.73 Å². The van der Waals surface area contributed by atoms with Crippen LogP contribution >= 0.6 is 34.5 Å². The second kappa shape index (κ2) is 3.38. The number of nitrogens with zero attached hydrogens (tertiary/aromatic N) is 1. The third-order valence-electron chi connectivity index (χ3n) is 0.965. The average Bonchev–Trinajstić information content (AvgIpc) is 2.09. The minimum absolute atomic E-state index is 0.0437. The Bertz CT molecular complexity index is 286. The maximum Gasteiger partial charge on any atom is 0.223 e. The van der Waals surface area contributed by atoms with E-state index in [2.05, 4.69) is 4.98 Å². The first-order valence-corrected chi connectivity index (χ1v) is 4.26. The number of halogens is 2. The Morgan fingerprint density at radius 1 is 1.64 bits per heavy atom. The highest BCUT2D eigenvalue weighted by atomic mass is 35.5. The normalized spacial score (nSPS) is 10.0. The van der Waals surface area contributed by atoms with Crippen molar-refractivity contribution in [1.29, 1.82) is 0 Å². The molecule has 1 heterocycles. The quantitative estimate of drug-likeness (QED) is 0.805. The zero-order chi connectivity index (χ0) is 8.43. The van der Waals surface area contributed by atoms with Crippen LogP contribution in [0.15, 0.2) is 0 Å². The molecule has 0 atom stereocenters. The fourth-order valence-corrected chi connectivity index (χ4v) is 1.90. The summed E-state index contributed by atoms with van der Waals surface area (Å²) < 4.78 is 0.750. The average molecular weight is 211 g/mol. The van der Waals surface area contributed by atoms with Gasteiger partial charge >= 0.3 is 0 Å². The van der Waals surface area contributed by atoms with Gasteiger partial charge in [-0.1, -0.05) is 34.5 Å². The lowest BCUT2D eigenvalue weighted by molar-refractivity contribution is -0.117. The molecule has 0 aromatic carbocycles. The van der Waals surface area contributed by atoms with Gasteiger partial charge in [-0.15, -0.1) is 0 Å². The largest absolute Gasteiger partial charge is 0.369 e. The van der Waals surface area contributed by atoms with Crippen LogP contribution in [0.1, 0.15) is 5.69 Å². The number of aromatic nitrogens is 1. The van der Waals surface area contributed by atoms with Crippen molar-refractivity contribution in [3.8, 4) is 0 Å². The third-order valence-corrected chi connectivity index (χ3v) is 2.41. The van der Waals surface area contributed by atoms with Crippen molar-refractivity contribution in [1.82, 2.24) is 4.98 Å². The number of carbonyl (C=O) groups is 1. The van der Waals surface area contributed by atoms with E-state index in [1.807, 2.05) is 0 Å². The summed E-state index contributed by atoms with van der Waals surface area (Å²) in [5, 5.41) is 0. The van der Waals surface area contributed by atoms with Crippen LogP contribution in [-0.4, -0.2) is 10.9 Å². The molecule has 0 radical (unpaired) electrons. The van der Waals surface area contributed by atoms with Gasteiger partial charge in [0.15, 0.2) is 4.47 Å². The van der Waals surface area contributed by atoms with E-state index in [-0.39, 0.29) is 6.42 Å². The molecule has 6 heteroatoms. The molecule has 3 nitrogen and oxygen atoms in total. The summed E-state index contributed by atoms with van der Waals surface area (Å²) in [4.78, 5) is 14.2. The van der Waals surface area contributed by atoms with Gasteiger partial charge in [-0.05, 0) is 0 Å². The molecule has 1 rings (SSSR count). The van der Waals surface area contributed by atoms with Crippen molar-refractivity contribution in [3.05, 3.63) is 14.5 Å². The van der Waals surface area contributed by atoms with E-state index in [9.17, 15) is 4.79 Å². The van der Waals surface area contributed by atoms with E-state index >= 15 is 0 Å². The third kappa shape index (κ3) is 2.32. The number of hydrogen-bond acceptors (Lipinski definition) is 3. The molecule has 0 unspecified atom stereocenters. The smallest absolute Gasteiger partial charge is 0.223 e. The minimum atomic E-state index is -0.464. The number of nitrogens with two attached hydrogens (primary N) is 1. The first kappa shape index (κ1) is 8.77. The summed E-state index contributed by atoms with van der Waals surface area (Å²) in [6.45, 7) is 0. The van der Waals surface area contributed by atoms with Crippen LogP contribution in [-0.2, 0) is 11.2 Å². The lowest BCUT2D eigenvalue weighted by Crippen LogP contribution is -2.13. The maximum absolute atomic E-state index is 10.4. The van der Waals surface area contributed by atoms with Gasteiger partial charge in [-0.2, -0.15) is 0 Å². The minimum Gasteiger partial charge on any atom is -0.369 e. The van der Waals surface area contributed by atoms with E-state index in [1.54, 1.807) is 0 Å². The SMILES string of the molecule is NC(=O)Cc1nc(Cl)sc1Cl. The molecule has 0 aliphatic rings. The Morgan fingerprint density at radius 3 is 2.64 bits per heavy atom. The van der Waals surface area contributed by atoms with E-state index in [0.717, 1.165) is 11.3 Å². The second-order valence-electron chi connectivity index (χ2n) is 1.83. The molecule has 2 N–H and O–H groups in total. The van der Waals surface area contributed by atoms with Crippen molar-refractivity contribution < 1.29 is 4.79 Å². The van der Waals surface area contributed by atoms with E-state index in [1.165, 1.54) is 0 Å². The molecule has 1 aromatic heterocycles. The molecule has 1 aromatic rings. The molecule has 11 heavy (non-hydrogen) atoms.